The summed E-state index contributed by atoms with van der Waals surface area (Å²) in [6.07, 6.45) is 1.29. The number of aromatic nitrogens is 1. The predicted octanol–water partition coefficient (Wildman–Crippen LogP) is 1.01. The van der Waals surface area contributed by atoms with Gasteiger partial charge in [-0.1, -0.05) is 12.1 Å². The van der Waals surface area contributed by atoms with Gasteiger partial charge in [0.2, 0.25) is 0 Å². The monoisotopic (exact) mass is 323 g/mol. The molecule has 22 heavy (non-hydrogen) atoms. The fraction of sp³-hybridized carbons (Fsp3) is 0.143. The lowest BCUT2D eigenvalue weighted by Crippen LogP contribution is -2.29. The van der Waals surface area contributed by atoms with E-state index in [1.165, 1.54) is 36.5 Å². The van der Waals surface area contributed by atoms with Crippen LogP contribution in [0, 0.1) is 5.82 Å². The molecular weight excluding hydrogens is 309 g/mol. The van der Waals surface area contributed by atoms with Gasteiger partial charge in [-0.2, -0.15) is 0 Å². The molecular formula is C14H14FN3O3S. The smallest absolute Gasteiger partial charge is 0.252 e. The van der Waals surface area contributed by atoms with Crippen LogP contribution in [0.5, 0.6) is 0 Å². The molecule has 1 amide bonds. The minimum atomic E-state index is -3.80. The molecule has 2 aromatic rings. The molecule has 116 valence electrons. The predicted molar refractivity (Wildman–Crippen MR) is 79.4 cm³/mol. The zero-order chi connectivity index (χ0) is 16.2. The standard InChI is InChI=1S/C14H14FN3O3S/c15-11-3-1-2-4-12(11)22(20,21)8-7-17-14(19)10-5-6-13(16)18-9-10/h1-6,9H,7-8H2,(H2,16,18)(H,17,19). The van der Waals surface area contributed by atoms with Gasteiger partial charge in [0, 0.05) is 12.7 Å². The highest BCUT2D eigenvalue weighted by molar-refractivity contribution is 7.91. The summed E-state index contributed by atoms with van der Waals surface area (Å²) in [7, 11) is -3.80. The van der Waals surface area contributed by atoms with Gasteiger partial charge in [-0.3, -0.25) is 4.79 Å². The molecule has 2 rings (SSSR count). The Bertz CT molecular complexity index is 776. The summed E-state index contributed by atoms with van der Waals surface area (Å²) >= 11 is 0. The molecule has 8 heteroatoms. The van der Waals surface area contributed by atoms with Crippen molar-refractivity contribution < 1.29 is 17.6 Å². The Hall–Kier alpha value is -2.48. The number of carbonyl (C=O) groups excluding carboxylic acids is 1. The van der Waals surface area contributed by atoms with Gasteiger partial charge < -0.3 is 11.1 Å². The Morgan fingerprint density at radius 3 is 2.59 bits per heavy atom. The molecule has 0 aliphatic heterocycles. The van der Waals surface area contributed by atoms with E-state index in [9.17, 15) is 17.6 Å². The lowest BCUT2D eigenvalue weighted by Gasteiger charge is -2.07. The van der Waals surface area contributed by atoms with Crippen LogP contribution in [0.1, 0.15) is 10.4 Å². The van der Waals surface area contributed by atoms with Crippen molar-refractivity contribution in [2.24, 2.45) is 0 Å². The molecule has 1 heterocycles. The van der Waals surface area contributed by atoms with E-state index in [2.05, 4.69) is 10.3 Å². The molecule has 0 spiro atoms. The third-order valence-corrected chi connectivity index (χ3v) is 4.62. The topological polar surface area (TPSA) is 102 Å². The Kier molecular flexibility index (Phi) is 4.71. The largest absolute Gasteiger partial charge is 0.384 e. The van der Waals surface area contributed by atoms with E-state index in [-0.39, 0.29) is 22.8 Å². The van der Waals surface area contributed by atoms with Crippen LogP contribution in [0.2, 0.25) is 0 Å². The zero-order valence-electron chi connectivity index (χ0n) is 11.5. The lowest BCUT2D eigenvalue weighted by atomic mass is 10.2. The number of nitrogens with one attached hydrogen (secondary N) is 1. The summed E-state index contributed by atoms with van der Waals surface area (Å²) in [4.78, 5) is 15.2. The molecule has 0 aliphatic carbocycles. The molecule has 0 bridgehead atoms. The average Bonchev–Trinajstić information content (AvgIpc) is 2.48. The van der Waals surface area contributed by atoms with Crippen LogP contribution in [-0.4, -0.2) is 31.6 Å². The first kappa shape index (κ1) is 15.9. The number of rotatable bonds is 5. The van der Waals surface area contributed by atoms with Gasteiger partial charge >= 0.3 is 0 Å². The molecule has 6 nitrogen and oxygen atoms in total. The maximum Gasteiger partial charge on any atom is 0.252 e. The number of nitrogens with two attached hydrogens (primary N) is 1. The molecule has 0 atom stereocenters. The number of benzene rings is 1. The number of carbonyl (C=O) groups is 1. The quantitative estimate of drug-likeness (QED) is 0.855. The summed E-state index contributed by atoms with van der Waals surface area (Å²) in [6, 6.07) is 8.05. The van der Waals surface area contributed by atoms with Gasteiger partial charge in [-0.25, -0.2) is 17.8 Å². The van der Waals surface area contributed by atoms with Crippen molar-refractivity contribution in [3.05, 3.63) is 54.0 Å². The van der Waals surface area contributed by atoms with E-state index in [0.29, 0.717) is 0 Å². The van der Waals surface area contributed by atoms with E-state index in [1.807, 2.05) is 0 Å². The van der Waals surface area contributed by atoms with E-state index in [1.54, 1.807) is 0 Å². The number of nitrogen functional groups attached to an aromatic ring is 1. The van der Waals surface area contributed by atoms with E-state index < -0.39 is 27.3 Å². The van der Waals surface area contributed by atoms with Crippen molar-refractivity contribution in [3.8, 4) is 0 Å². The van der Waals surface area contributed by atoms with Gasteiger partial charge in [0.25, 0.3) is 5.91 Å². The van der Waals surface area contributed by atoms with Gasteiger partial charge in [-0.05, 0) is 24.3 Å². The van der Waals surface area contributed by atoms with Gasteiger partial charge in [-0.15, -0.1) is 0 Å². The summed E-state index contributed by atoms with van der Waals surface area (Å²) in [5, 5.41) is 2.44. The van der Waals surface area contributed by atoms with Crippen molar-refractivity contribution in [2.75, 3.05) is 18.0 Å². The van der Waals surface area contributed by atoms with E-state index >= 15 is 0 Å². The van der Waals surface area contributed by atoms with Crippen LogP contribution < -0.4 is 11.1 Å². The highest BCUT2D eigenvalue weighted by Crippen LogP contribution is 2.14. The van der Waals surface area contributed by atoms with Crippen molar-refractivity contribution >= 4 is 21.6 Å². The SMILES string of the molecule is Nc1ccc(C(=O)NCCS(=O)(=O)c2ccccc2F)cn1. The number of pyridine rings is 1. The molecule has 0 fully saturated rings. The second kappa shape index (κ2) is 6.52. The number of sulfone groups is 1. The van der Waals surface area contributed by atoms with Gasteiger partial charge in [0.15, 0.2) is 9.84 Å². The Morgan fingerprint density at radius 1 is 1.23 bits per heavy atom. The second-order valence-corrected chi connectivity index (χ2v) is 6.55. The first-order valence-corrected chi connectivity index (χ1v) is 8.02. The Morgan fingerprint density at radius 2 is 1.95 bits per heavy atom. The molecule has 0 saturated heterocycles. The summed E-state index contributed by atoms with van der Waals surface area (Å²) in [5.74, 6) is -1.41. The highest BCUT2D eigenvalue weighted by Gasteiger charge is 2.18. The average molecular weight is 323 g/mol. The normalized spacial score (nSPS) is 11.1. The number of nitrogens with zero attached hydrogens (tertiary/aromatic N) is 1. The van der Waals surface area contributed by atoms with Gasteiger partial charge in [0.1, 0.15) is 16.5 Å². The van der Waals surface area contributed by atoms with Crippen molar-refractivity contribution in [2.45, 2.75) is 4.90 Å². The molecule has 0 radical (unpaired) electrons. The molecule has 0 unspecified atom stereocenters. The van der Waals surface area contributed by atoms with Gasteiger partial charge in [0.05, 0.1) is 11.3 Å². The number of hydrogen-bond acceptors (Lipinski definition) is 5. The molecule has 1 aromatic carbocycles. The zero-order valence-corrected chi connectivity index (χ0v) is 12.3. The first-order valence-electron chi connectivity index (χ1n) is 6.37. The number of hydrogen-bond donors (Lipinski definition) is 2. The number of amides is 1. The molecule has 0 aliphatic rings. The number of halogens is 1. The van der Waals surface area contributed by atoms with E-state index in [4.69, 9.17) is 5.73 Å². The minimum absolute atomic E-state index is 0.139. The van der Waals surface area contributed by atoms with Crippen LogP contribution in [0.4, 0.5) is 10.2 Å². The first-order chi connectivity index (χ1) is 10.4. The maximum absolute atomic E-state index is 13.5. The highest BCUT2D eigenvalue weighted by atomic mass is 32.2. The maximum atomic E-state index is 13.5. The molecule has 3 N–H and O–H groups in total. The van der Waals surface area contributed by atoms with E-state index in [0.717, 1.165) is 6.07 Å². The van der Waals surface area contributed by atoms with Crippen LogP contribution in [0.15, 0.2) is 47.5 Å². The summed E-state index contributed by atoms with van der Waals surface area (Å²) in [5.41, 5.74) is 5.67. The fourth-order valence-electron chi connectivity index (χ4n) is 1.75. The third kappa shape index (κ3) is 3.79. The van der Waals surface area contributed by atoms with Crippen molar-refractivity contribution in [1.82, 2.24) is 10.3 Å². The summed E-state index contributed by atoms with van der Waals surface area (Å²) < 4.78 is 37.5. The molecule has 1 aromatic heterocycles. The van der Waals surface area contributed by atoms with Crippen LogP contribution in [-0.2, 0) is 9.84 Å². The Balaban J connectivity index is 1.97. The van der Waals surface area contributed by atoms with Crippen LogP contribution in [0.3, 0.4) is 0 Å². The summed E-state index contributed by atoms with van der Waals surface area (Å²) in [6.45, 7) is -0.139. The minimum Gasteiger partial charge on any atom is -0.384 e. The number of anilines is 1. The fourth-order valence-corrected chi connectivity index (χ4v) is 2.99. The lowest BCUT2D eigenvalue weighted by molar-refractivity contribution is 0.0956. The van der Waals surface area contributed by atoms with Crippen molar-refractivity contribution in [1.29, 1.82) is 0 Å². The molecule has 0 saturated carbocycles. The second-order valence-electron chi connectivity index (χ2n) is 4.48. The van der Waals surface area contributed by atoms with Crippen LogP contribution >= 0.6 is 0 Å². The third-order valence-electron chi connectivity index (χ3n) is 2.88. The van der Waals surface area contributed by atoms with Crippen molar-refractivity contribution in [3.63, 3.8) is 0 Å². The van der Waals surface area contributed by atoms with Crippen LogP contribution in [0.25, 0.3) is 0 Å². The Labute approximate surface area is 127 Å².